The third-order valence-electron chi connectivity index (χ3n) is 6.54. The van der Waals surface area contributed by atoms with Crippen molar-refractivity contribution in [3.63, 3.8) is 0 Å². The third-order valence-corrected chi connectivity index (χ3v) is 8.31. The SMILES string of the molecule is CC(C)CNC(=O)[C@@H](C)N(Cc1ccccc1)C(=O)CN(c1ccc(F)cc1)S(=O)(=O)c1ccc2c(c1)OCCO2. The first kappa shape index (κ1) is 29.9. The molecule has 0 aromatic heterocycles. The van der Waals surface area contributed by atoms with Crippen molar-refractivity contribution in [1.29, 1.82) is 0 Å². The maximum atomic E-state index is 14.0. The number of hydrogen-bond acceptors (Lipinski definition) is 6. The number of benzene rings is 3. The number of carbonyl (C=O) groups is 2. The second-order valence-corrected chi connectivity index (χ2v) is 12.0. The Balaban J connectivity index is 1.69. The van der Waals surface area contributed by atoms with Crippen molar-refractivity contribution in [2.75, 3.05) is 30.6 Å². The van der Waals surface area contributed by atoms with Crippen molar-refractivity contribution in [3.8, 4) is 11.5 Å². The van der Waals surface area contributed by atoms with E-state index >= 15 is 0 Å². The summed E-state index contributed by atoms with van der Waals surface area (Å²) in [5, 5.41) is 2.85. The molecule has 0 spiro atoms. The molecule has 1 atom stereocenters. The zero-order valence-electron chi connectivity index (χ0n) is 23.2. The van der Waals surface area contributed by atoms with Gasteiger partial charge in [0.25, 0.3) is 10.0 Å². The molecule has 218 valence electrons. The standard InChI is InChI=1S/C30H34FN3O6S/c1-21(2)18-32-30(36)22(3)33(19-23-7-5-4-6-8-23)29(35)20-34(25-11-9-24(31)10-12-25)41(37,38)26-13-14-27-28(17-26)40-16-15-39-27/h4-14,17,21-22H,15-16,18-20H2,1-3H3,(H,32,36)/t22-/m1/s1. The monoisotopic (exact) mass is 583 g/mol. The van der Waals surface area contributed by atoms with Crippen LogP contribution in [0.3, 0.4) is 0 Å². The zero-order chi connectivity index (χ0) is 29.6. The van der Waals surface area contributed by atoms with E-state index in [1.807, 2.05) is 44.2 Å². The van der Waals surface area contributed by atoms with E-state index in [1.165, 1.54) is 35.2 Å². The van der Waals surface area contributed by atoms with E-state index in [2.05, 4.69) is 5.32 Å². The predicted molar refractivity (Wildman–Crippen MR) is 153 cm³/mol. The summed E-state index contributed by atoms with van der Waals surface area (Å²) in [5.74, 6) is -0.635. The Morgan fingerprint density at radius 2 is 1.59 bits per heavy atom. The molecular formula is C30H34FN3O6S. The van der Waals surface area contributed by atoms with Crippen LogP contribution in [0.1, 0.15) is 26.3 Å². The molecule has 3 aromatic rings. The van der Waals surface area contributed by atoms with Crippen LogP contribution < -0.4 is 19.1 Å². The first-order valence-electron chi connectivity index (χ1n) is 13.4. The van der Waals surface area contributed by atoms with E-state index in [0.29, 0.717) is 18.9 Å². The number of amides is 2. The lowest BCUT2D eigenvalue weighted by atomic mass is 10.1. The number of rotatable bonds is 11. The minimum Gasteiger partial charge on any atom is -0.486 e. The summed E-state index contributed by atoms with van der Waals surface area (Å²) in [6.07, 6.45) is 0. The van der Waals surface area contributed by atoms with Gasteiger partial charge in [0.1, 0.15) is 31.6 Å². The largest absolute Gasteiger partial charge is 0.486 e. The highest BCUT2D eigenvalue weighted by Crippen LogP contribution is 2.34. The van der Waals surface area contributed by atoms with Gasteiger partial charge in [-0.25, -0.2) is 12.8 Å². The summed E-state index contributed by atoms with van der Waals surface area (Å²) >= 11 is 0. The minimum absolute atomic E-state index is 0.0806. The lowest BCUT2D eigenvalue weighted by Crippen LogP contribution is -2.51. The van der Waals surface area contributed by atoms with E-state index < -0.39 is 34.3 Å². The van der Waals surface area contributed by atoms with E-state index in [-0.39, 0.29) is 41.3 Å². The first-order valence-corrected chi connectivity index (χ1v) is 14.8. The number of hydrogen-bond donors (Lipinski definition) is 1. The summed E-state index contributed by atoms with van der Waals surface area (Å²) < 4.78 is 53.8. The molecule has 1 aliphatic rings. The van der Waals surface area contributed by atoms with Crippen LogP contribution in [0.5, 0.6) is 11.5 Å². The Bertz CT molecular complexity index is 1470. The summed E-state index contributed by atoms with van der Waals surface area (Å²) in [6, 6.07) is 17.3. The normalized spacial score (nSPS) is 13.4. The van der Waals surface area contributed by atoms with Crippen LogP contribution in [0.25, 0.3) is 0 Å². The van der Waals surface area contributed by atoms with Crippen LogP contribution in [0, 0.1) is 11.7 Å². The van der Waals surface area contributed by atoms with Crippen LogP contribution in [0.2, 0.25) is 0 Å². The summed E-state index contributed by atoms with van der Waals surface area (Å²) in [6.45, 7) is 6.01. The number of sulfonamides is 1. The summed E-state index contributed by atoms with van der Waals surface area (Å²) in [4.78, 5) is 28.2. The highest BCUT2D eigenvalue weighted by molar-refractivity contribution is 7.92. The molecule has 11 heteroatoms. The van der Waals surface area contributed by atoms with Crippen LogP contribution in [0.4, 0.5) is 10.1 Å². The molecule has 41 heavy (non-hydrogen) atoms. The quantitative estimate of drug-likeness (QED) is 0.366. The molecule has 9 nitrogen and oxygen atoms in total. The van der Waals surface area contributed by atoms with Gasteiger partial charge < -0.3 is 19.7 Å². The Labute approximate surface area is 239 Å². The van der Waals surface area contributed by atoms with Gasteiger partial charge in [-0.2, -0.15) is 0 Å². The Morgan fingerprint density at radius 1 is 0.927 bits per heavy atom. The van der Waals surface area contributed by atoms with E-state index in [9.17, 15) is 22.4 Å². The zero-order valence-corrected chi connectivity index (χ0v) is 24.1. The minimum atomic E-state index is -4.34. The number of anilines is 1. The molecule has 3 aromatic carbocycles. The smallest absolute Gasteiger partial charge is 0.264 e. The molecule has 0 saturated heterocycles. The summed E-state index contributed by atoms with van der Waals surface area (Å²) in [7, 11) is -4.34. The van der Waals surface area contributed by atoms with Crippen LogP contribution >= 0.6 is 0 Å². The number of halogens is 1. The fourth-order valence-corrected chi connectivity index (χ4v) is 5.69. The lowest BCUT2D eigenvalue weighted by Gasteiger charge is -2.32. The molecule has 0 radical (unpaired) electrons. The second-order valence-electron chi connectivity index (χ2n) is 10.1. The molecule has 1 N–H and O–H groups in total. The van der Waals surface area contributed by atoms with Gasteiger partial charge >= 0.3 is 0 Å². The highest BCUT2D eigenvalue weighted by Gasteiger charge is 2.33. The number of nitrogens with zero attached hydrogens (tertiary/aromatic N) is 2. The molecule has 0 bridgehead atoms. The number of nitrogens with one attached hydrogen (secondary N) is 1. The van der Waals surface area contributed by atoms with Crippen LogP contribution in [-0.4, -0.2) is 57.5 Å². The third kappa shape index (κ3) is 7.35. The van der Waals surface area contributed by atoms with Crippen molar-refractivity contribution in [2.24, 2.45) is 5.92 Å². The maximum absolute atomic E-state index is 14.0. The van der Waals surface area contributed by atoms with Gasteiger partial charge in [-0.05, 0) is 54.8 Å². The van der Waals surface area contributed by atoms with Gasteiger partial charge in [-0.3, -0.25) is 13.9 Å². The summed E-state index contributed by atoms with van der Waals surface area (Å²) in [5.41, 5.74) is 0.860. The second kappa shape index (κ2) is 13.0. The van der Waals surface area contributed by atoms with Gasteiger partial charge in [0, 0.05) is 19.2 Å². The van der Waals surface area contributed by atoms with Crippen molar-refractivity contribution in [2.45, 2.75) is 38.3 Å². The average molecular weight is 584 g/mol. The van der Waals surface area contributed by atoms with Crippen molar-refractivity contribution in [1.82, 2.24) is 10.2 Å². The Hall–Kier alpha value is -4.12. The molecule has 0 unspecified atom stereocenters. The van der Waals surface area contributed by atoms with Crippen LogP contribution in [-0.2, 0) is 26.2 Å². The average Bonchev–Trinajstić information content (AvgIpc) is 2.97. The van der Waals surface area contributed by atoms with Crippen LogP contribution in [0.15, 0.2) is 77.7 Å². The van der Waals surface area contributed by atoms with Crippen molar-refractivity contribution in [3.05, 3.63) is 84.2 Å². The molecule has 0 saturated carbocycles. The molecule has 4 rings (SSSR count). The number of fused-ring (bicyclic) bond motifs is 1. The molecular weight excluding hydrogens is 549 g/mol. The van der Waals surface area contributed by atoms with Gasteiger partial charge in [0.2, 0.25) is 11.8 Å². The van der Waals surface area contributed by atoms with E-state index in [0.717, 1.165) is 22.0 Å². The highest BCUT2D eigenvalue weighted by atomic mass is 32.2. The number of ether oxygens (including phenoxy) is 2. The Kier molecular flexibility index (Phi) is 9.49. The van der Waals surface area contributed by atoms with E-state index in [4.69, 9.17) is 9.47 Å². The van der Waals surface area contributed by atoms with Gasteiger partial charge in [0.05, 0.1) is 10.6 Å². The maximum Gasteiger partial charge on any atom is 0.264 e. The Morgan fingerprint density at radius 3 is 2.24 bits per heavy atom. The van der Waals surface area contributed by atoms with Gasteiger partial charge in [-0.15, -0.1) is 0 Å². The molecule has 1 aliphatic heterocycles. The fraction of sp³-hybridized carbons (Fsp3) is 0.333. The topological polar surface area (TPSA) is 105 Å². The molecule has 0 fully saturated rings. The molecule has 1 heterocycles. The van der Waals surface area contributed by atoms with E-state index in [1.54, 1.807) is 6.92 Å². The fourth-order valence-electron chi connectivity index (χ4n) is 4.26. The molecule has 2 amide bonds. The first-order chi connectivity index (χ1) is 19.6. The molecule has 0 aliphatic carbocycles. The number of carbonyl (C=O) groups excluding carboxylic acids is 2. The van der Waals surface area contributed by atoms with Gasteiger partial charge in [-0.1, -0.05) is 44.2 Å². The predicted octanol–water partition coefficient (Wildman–Crippen LogP) is 3.98. The van der Waals surface area contributed by atoms with Gasteiger partial charge in [0.15, 0.2) is 11.5 Å². The van der Waals surface area contributed by atoms with Crippen molar-refractivity contribution < 1.29 is 31.9 Å². The lowest BCUT2D eigenvalue weighted by molar-refractivity contribution is -0.139. The van der Waals surface area contributed by atoms with Crippen molar-refractivity contribution >= 4 is 27.5 Å².